The van der Waals surface area contributed by atoms with Gasteiger partial charge >= 0.3 is 0 Å². The van der Waals surface area contributed by atoms with Gasteiger partial charge in [0.25, 0.3) is 0 Å². The Bertz CT molecular complexity index is 837. The third kappa shape index (κ3) is 3.89. The van der Waals surface area contributed by atoms with Crippen LogP contribution in [-0.2, 0) is 16.1 Å². The fourth-order valence-electron chi connectivity index (χ4n) is 3.47. The highest BCUT2D eigenvalue weighted by atomic mass is 16.5. The number of nitrogens with one attached hydrogen (secondary N) is 1. The number of rotatable bonds is 6. The number of hydrogen-bond acceptors (Lipinski definition) is 4. The number of amides is 2. The number of benzene rings is 1. The predicted molar refractivity (Wildman–Crippen MR) is 101 cm³/mol. The molecule has 6 nitrogen and oxygen atoms in total. The van der Waals surface area contributed by atoms with Crippen molar-refractivity contribution in [1.29, 1.82) is 0 Å². The predicted octanol–water partition coefficient (Wildman–Crippen LogP) is 3.34. The molecule has 6 heteroatoms. The van der Waals surface area contributed by atoms with Crippen molar-refractivity contribution in [3.8, 4) is 0 Å². The molecule has 1 aliphatic carbocycles. The molecule has 1 atom stereocenters. The highest BCUT2D eigenvalue weighted by molar-refractivity contribution is 6.00. The van der Waals surface area contributed by atoms with Gasteiger partial charge in [-0.2, -0.15) is 0 Å². The molecule has 1 N–H and O–H groups in total. The highest BCUT2D eigenvalue weighted by Gasteiger charge is 2.35. The van der Waals surface area contributed by atoms with E-state index in [9.17, 15) is 9.59 Å². The molecule has 4 rings (SSSR count). The Morgan fingerprint density at radius 2 is 2.04 bits per heavy atom. The lowest BCUT2D eigenvalue weighted by atomic mass is 10.0. The van der Waals surface area contributed by atoms with Gasteiger partial charge in [-0.1, -0.05) is 31.1 Å². The molecule has 142 valence electrons. The van der Waals surface area contributed by atoms with E-state index in [0.29, 0.717) is 24.9 Å². The fraction of sp³-hybridized carbons (Fsp3) is 0.476. The van der Waals surface area contributed by atoms with E-state index in [2.05, 4.69) is 24.3 Å². The Morgan fingerprint density at radius 1 is 1.30 bits per heavy atom. The monoisotopic (exact) mass is 367 g/mol. The minimum absolute atomic E-state index is 0.00935. The Morgan fingerprint density at radius 3 is 2.70 bits per heavy atom. The summed E-state index contributed by atoms with van der Waals surface area (Å²) in [6, 6.07) is 9.93. The normalized spacial score (nSPS) is 19.7. The molecule has 0 spiro atoms. The molecule has 2 heterocycles. The smallest absolute Gasteiger partial charge is 0.227 e. The van der Waals surface area contributed by atoms with Gasteiger partial charge in [-0.3, -0.25) is 9.59 Å². The van der Waals surface area contributed by atoms with E-state index in [0.717, 1.165) is 30.0 Å². The zero-order valence-electron chi connectivity index (χ0n) is 15.8. The Labute approximate surface area is 158 Å². The van der Waals surface area contributed by atoms with E-state index in [1.54, 1.807) is 4.90 Å². The largest absolute Gasteiger partial charge is 0.361 e. The van der Waals surface area contributed by atoms with Crippen LogP contribution in [0.25, 0.3) is 0 Å². The quantitative estimate of drug-likeness (QED) is 0.850. The van der Waals surface area contributed by atoms with Crippen molar-refractivity contribution < 1.29 is 14.1 Å². The van der Waals surface area contributed by atoms with Gasteiger partial charge < -0.3 is 14.7 Å². The SMILES string of the molecule is CC(C)c1ccc(N2CC(C(=O)NCc3cc(C4CC4)on3)CC2=O)cc1. The molecule has 0 radical (unpaired) electrons. The second-order valence-corrected chi connectivity index (χ2v) is 7.86. The van der Waals surface area contributed by atoms with Crippen molar-refractivity contribution in [1.82, 2.24) is 10.5 Å². The van der Waals surface area contributed by atoms with Crippen molar-refractivity contribution in [2.75, 3.05) is 11.4 Å². The maximum absolute atomic E-state index is 12.5. The first-order chi connectivity index (χ1) is 13.0. The first-order valence-electron chi connectivity index (χ1n) is 9.65. The summed E-state index contributed by atoms with van der Waals surface area (Å²) in [5.74, 6) is 1.41. The maximum Gasteiger partial charge on any atom is 0.227 e. The van der Waals surface area contributed by atoms with Crippen molar-refractivity contribution in [3.63, 3.8) is 0 Å². The molecule has 2 aliphatic rings. The van der Waals surface area contributed by atoms with E-state index < -0.39 is 0 Å². The van der Waals surface area contributed by atoms with E-state index in [1.807, 2.05) is 30.3 Å². The summed E-state index contributed by atoms with van der Waals surface area (Å²) < 4.78 is 5.30. The summed E-state index contributed by atoms with van der Waals surface area (Å²) >= 11 is 0. The summed E-state index contributed by atoms with van der Waals surface area (Å²) in [6.07, 6.45) is 2.54. The van der Waals surface area contributed by atoms with Crippen LogP contribution in [-0.4, -0.2) is 23.5 Å². The van der Waals surface area contributed by atoms with Crippen LogP contribution in [0.3, 0.4) is 0 Å². The van der Waals surface area contributed by atoms with Crippen molar-refractivity contribution in [2.24, 2.45) is 5.92 Å². The zero-order valence-corrected chi connectivity index (χ0v) is 15.8. The summed E-state index contributed by atoms with van der Waals surface area (Å²) in [4.78, 5) is 26.6. The number of carbonyl (C=O) groups is 2. The summed E-state index contributed by atoms with van der Waals surface area (Å²) in [5, 5.41) is 6.90. The van der Waals surface area contributed by atoms with Gasteiger partial charge in [-0.25, -0.2) is 0 Å². The zero-order chi connectivity index (χ0) is 19.0. The molecule has 2 fully saturated rings. The highest BCUT2D eigenvalue weighted by Crippen LogP contribution is 2.40. The first-order valence-corrected chi connectivity index (χ1v) is 9.65. The van der Waals surface area contributed by atoms with E-state index >= 15 is 0 Å². The van der Waals surface area contributed by atoms with Crippen LogP contribution in [0.15, 0.2) is 34.9 Å². The second kappa shape index (κ2) is 7.18. The number of carbonyl (C=O) groups excluding carboxylic acids is 2. The van der Waals surface area contributed by atoms with E-state index in [1.165, 1.54) is 5.56 Å². The van der Waals surface area contributed by atoms with Gasteiger partial charge in [0.2, 0.25) is 11.8 Å². The molecule has 2 aromatic rings. The van der Waals surface area contributed by atoms with Crippen LogP contribution < -0.4 is 10.2 Å². The minimum Gasteiger partial charge on any atom is -0.361 e. The van der Waals surface area contributed by atoms with E-state index in [-0.39, 0.29) is 24.2 Å². The van der Waals surface area contributed by atoms with Crippen LogP contribution in [0.2, 0.25) is 0 Å². The van der Waals surface area contributed by atoms with Crippen molar-refractivity contribution >= 4 is 17.5 Å². The molecule has 0 bridgehead atoms. The van der Waals surface area contributed by atoms with Crippen LogP contribution in [0.4, 0.5) is 5.69 Å². The van der Waals surface area contributed by atoms with Gasteiger partial charge in [0, 0.05) is 30.6 Å². The minimum atomic E-state index is -0.336. The summed E-state index contributed by atoms with van der Waals surface area (Å²) in [6.45, 7) is 5.03. The van der Waals surface area contributed by atoms with Crippen LogP contribution in [0.1, 0.15) is 62.0 Å². The Kier molecular flexibility index (Phi) is 4.72. The number of aromatic nitrogens is 1. The number of anilines is 1. The van der Waals surface area contributed by atoms with Crippen LogP contribution in [0.5, 0.6) is 0 Å². The molecule has 1 unspecified atom stereocenters. The Balaban J connectivity index is 1.34. The topological polar surface area (TPSA) is 75.4 Å². The molecule has 27 heavy (non-hydrogen) atoms. The third-order valence-corrected chi connectivity index (χ3v) is 5.37. The van der Waals surface area contributed by atoms with Gasteiger partial charge in [-0.05, 0) is 36.5 Å². The Hall–Kier alpha value is -2.63. The number of nitrogens with zero attached hydrogens (tertiary/aromatic N) is 2. The second-order valence-electron chi connectivity index (χ2n) is 7.86. The lowest BCUT2D eigenvalue weighted by Crippen LogP contribution is -2.32. The molecule has 1 aromatic carbocycles. The lowest BCUT2D eigenvalue weighted by Gasteiger charge is -2.17. The van der Waals surface area contributed by atoms with Crippen LogP contribution >= 0.6 is 0 Å². The van der Waals surface area contributed by atoms with Gasteiger partial charge in [0.1, 0.15) is 11.5 Å². The fourth-order valence-corrected chi connectivity index (χ4v) is 3.47. The lowest BCUT2D eigenvalue weighted by molar-refractivity contribution is -0.126. The summed E-state index contributed by atoms with van der Waals surface area (Å²) in [5.41, 5.74) is 2.82. The third-order valence-electron chi connectivity index (χ3n) is 5.37. The molecule has 1 saturated heterocycles. The average molecular weight is 367 g/mol. The molecular formula is C21H25N3O3. The van der Waals surface area contributed by atoms with Crippen molar-refractivity contribution in [2.45, 2.75) is 51.5 Å². The van der Waals surface area contributed by atoms with Gasteiger partial charge in [0.05, 0.1) is 12.5 Å². The molecular weight excluding hydrogens is 342 g/mol. The number of hydrogen-bond donors (Lipinski definition) is 1. The molecule has 1 saturated carbocycles. The standard InChI is InChI=1S/C21H25N3O3/c1-13(2)14-5-7-18(8-6-14)24-12-16(9-20(24)25)21(26)22-11-17-10-19(27-23-17)15-3-4-15/h5-8,10,13,15-16H,3-4,9,11-12H2,1-2H3,(H,22,26). The first kappa shape index (κ1) is 17.8. The van der Waals surface area contributed by atoms with Crippen LogP contribution in [0, 0.1) is 5.92 Å². The summed E-state index contributed by atoms with van der Waals surface area (Å²) in [7, 11) is 0. The molecule has 2 amide bonds. The van der Waals surface area contributed by atoms with Gasteiger partial charge in [0.15, 0.2) is 0 Å². The van der Waals surface area contributed by atoms with Gasteiger partial charge in [-0.15, -0.1) is 0 Å². The molecule has 1 aliphatic heterocycles. The maximum atomic E-state index is 12.5. The average Bonchev–Trinajstić information content (AvgIpc) is 3.28. The van der Waals surface area contributed by atoms with Crippen molar-refractivity contribution in [3.05, 3.63) is 47.3 Å². The molecule has 1 aromatic heterocycles. The van der Waals surface area contributed by atoms with E-state index in [4.69, 9.17) is 4.52 Å².